The third kappa shape index (κ3) is 2.87. The summed E-state index contributed by atoms with van der Waals surface area (Å²) >= 11 is 3.54. The average molecular weight is 348 g/mol. The highest BCUT2D eigenvalue weighted by Crippen LogP contribution is 2.38. The van der Waals surface area contributed by atoms with E-state index < -0.39 is 0 Å². The second-order valence-electron chi connectivity index (χ2n) is 6.07. The van der Waals surface area contributed by atoms with Gasteiger partial charge >= 0.3 is 0 Å². The van der Waals surface area contributed by atoms with Crippen molar-refractivity contribution in [2.75, 3.05) is 0 Å². The van der Waals surface area contributed by atoms with E-state index in [4.69, 9.17) is 0 Å². The topological polar surface area (TPSA) is 55.6 Å². The standard InChI is InChI=1S/C15H18BrN5/c16-12-3-1-2-10(6-12)11-7-13(8-11)17-9-15-18-19-20-21(15)14-4-5-14/h1-3,6,11,13-14,17H,4-5,7-9H2. The Morgan fingerprint density at radius 3 is 2.90 bits per heavy atom. The normalized spacial score (nSPS) is 24.8. The number of nitrogens with one attached hydrogen (secondary N) is 1. The molecule has 6 heteroatoms. The fourth-order valence-corrected chi connectivity index (χ4v) is 3.40. The highest BCUT2D eigenvalue weighted by atomic mass is 79.9. The number of aromatic nitrogens is 4. The second kappa shape index (κ2) is 5.50. The first-order valence-electron chi connectivity index (χ1n) is 7.55. The van der Waals surface area contributed by atoms with Crippen LogP contribution in [0.15, 0.2) is 28.7 Å². The van der Waals surface area contributed by atoms with Crippen LogP contribution in [-0.4, -0.2) is 26.2 Å². The van der Waals surface area contributed by atoms with Gasteiger partial charge in [-0.1, -0.05) is 28.1 Å². The number of halogens is 1. The molecule has 2 aliphatic carbocycles. The van der Waals surface area contributed by atoms with Crippen molar-refractivity contribution in [3.63, 3.8) is 0 Å². The van der Waals surface area contributed by atoms with Gasteiger partial charge in [-0.3, -0.25) is 0 Å². The van der Waals surface area contributed by atoms with E-state index in [2.05, 4.69) is 61.0 Å². The summed E-state index contributed by atoms with van der Waals surface area (Å²) in [6, 6.07) is 9.78. The van der Waals surface area contributed by atoms with E-state index in [9.17, 15) is 0 Å². The zero-order chi connectivity index (χ0) is 14.2. The number of hydrogen-bond donors (Lipinski definition) is 1. The molecule has 5 nitrogen and oxygen atoms in total. The van der Waals surface area contributed by atoms with Gasteiger partial charge in [-0.05, 0) is 59.7 Å². The first-order valence-corrected chi connectivity index (χ1v) is 8.34. The molecule has 0 spiro atoms. The summed E-state index contributed by atoms with van der Waals surface area (Å²) in [4.78, 5) is 0. The first kappa shape index (κ1) is 13.4. The van der Waals surface area contributed by atoms with Gasteiger partial charge in [-0.15, -0.1) is 5.10 Å². The largest absolute Gasteiger partial charge is 0.307 e. The molecule has 2 fully saturated rings. The molecule has 0 atom stereocenters. The third-order valence-electron chi connectivity index (χ3n) is 4.46. The quantitative estimate of drug-likeness (QED) is 0.903. The van der Waals surface area contributed by atoms with Crippen molar-refractivity contribution in [2.45, 2.75) is 50.2 Å². The van der Waals surface area contributed by atoms with Crippen LogP contribution in [0.5, 0.6) is 0 Å². The average Bonchev–Trinajstić information content (AvgIpc) is 3.17. The minimum absolute atomic E-state index is 0.549. The van der Waals surface area contributed by atoms with E-state index >= 15 is 0 Å². The van der Waals surface area contributed by atoms with Crippen LogP contribution >= 0.6 is 15.9 Å². The Hall–Kier alpha value is -1.27. The lowest BCUT2D eigenvalue weighted by Crippen LogP contribution is -2.40. The van der Waals surface area contributed by atoms with Gasteiger partial charge in [0.15, 0.2) is 5.82 Å². The Labute approximate surface area is 132 Å². The highest BCUT2D eigenvalue weighted by molar-refractivity contribution is 9.10. The molecule has 1 aromatic carbocycles. The summed E-state index contributed by atoms with van der Waals surface area (Å²) < 4.78 is 3.15. The van der Waals surface area contributed by atoms with Gasteiger partial charge in [0, 0.05) is 10.5 Å². The number of nitrogens with zero attached hydrogens (tertiary/aromatic N) is 4. The van der Waals surface area contributed by atoms with E-state index in [0.29, 0.717) is 18.0 Å². The Bertz CT molecular complexity index is 630. The molecular weight excluding hydrogens is 330 g/mol. The minimum Gasteiger partial charge on any atom is -0.307 e. The Morgan fingerprint density at radius 1 is 1.29 bits per heavy atom. The number of rotatable bonds is 5. The zero-order valence-electron chi connectivity index (χ0n) is 11.7. The molecule has 2 aliphatic rings. The molecule has 1 N–H and O–H groups in total. The van der Waals surface area contributed by atoms with E-state index in [1.54, 1.807) is 0 Å². The molecule has 0 saturated heterocycles. The van der Waals surface area contributed by atoms with E-state index in [0.717, 1.165) is 12.4 Å². The molecule has 0 bridgehead atoms. The maximum atomic E-state index is 4.13. The van der Waals surface area contributed by atoms with Crippen molar-refractivity contribution in [3.05, 3.63) is 40.1 Å². The van der Waals surface area contributed by atoms with Crippen molar-refractivity contribution < 1.29 is 0 Å². The smallest absolute Gasteiger partial charge is 0.165 e. The lowest BCUT2D eigenvalue weighted by molar-refractivity contribution is 0.285. The minimum atomic E-state index is 0.549. The maximum absolute atomic E-state index is 4.13. The monoisotopic (exact) mass is 347 g/mol. The molecule has 0 aliphatic heterocycles. The lowest BCUT2D eigenvalue weighted by atomic mass is 9.76. The summed E-state index contributed by atoms with van der Waals surface area (Å²) in [6.07, 6.45) is 4.82. The van der Waals surface area contributed by atoms with Gasteiger partial charge in [-0.25, -0.2) is 4.68 Å². The Kier molecular flexibility index (Phi) is 3.51. The molecule has 2 aromatic rings. The van der Waals surface area contributed by atoms with Gasteiger partial charge in [0.25, 0.3) is 0 Å². The fourth-order valence-electron chi connectivity index (χ4n) is 2.98. The second-order valence-corrected chi connectivity index (χ2v) is 6.99. The molecular formula is C15H18BrN5. The van der Waals surface area contributed by atoms with Crippen LogP contribution in [0.25, 0.3) is 0 Å². The third-order valence-corrected chi connectivity index (χ3v) is 4.95. The van der Waals surface area contributed by atoms with Crippen LogP contribution in [0.4, 0.5) is 0 Å². The number of tetrazole rings is 1. The summed E-state index contributed by atoms with van der Waals surface area (Å²) in [5.74, 6) is 1.66. The van der Waals surface area contributed by atoms with E-state index in [-0.39, 0.29) is 0 Å². The van der Waals surface area contributed by atoms with Crippen molar-refractivity contribution in [1.82, 2.24) is 25.5 Å². The predicted molar refractivity (Wildman–Crippen MR) is 82.8 cm³/mol. The molecule has 21 heavy (non-hydrogen) atoms. The van der Waals surface area contributed by atoms with Crippen LogP contribution in [0.1, 0.15) is 49.0 Å². The van der Waals surface area contributed by atoms with Crippen molar-refractivity contribution in [2.24, 2.45) is 0 Å². The predicted octanol–water partition coefficient (Wildman–Crippen LogP) is 2.81. The highest BCUT2D eigenvalue weighted by Gasteiger charge is 2.31. The van der Waals surface area contributed by atoms with Crippen LogP contribution in [-0.2, 0) is 6.54 Å². The van der Waals surface area contributed by atoms with Crippen LogP contribution in [0.3, 0.4) is 0 Å². The molecule has 1 aromatic heterocycles. The Morgan fingerprint density at radius 2 is 2.14 bits per heavy atom. The fraction of sp³-hybridized carbons (Fsp3) is 0.533. The summed E-state index contributed by atoms with van der Waals surface area (Å²) in [6.45, 7) is 0.777. The SMILES string of the molecule is Brc1cccc(C2CC(NCc3nnnn3C3CC3)C2)c1. The number of hydrogen-bond acceptors (Lipinski definition) is 4. The van der Waals surface area contributed by atoms with E-state index in [1.807, 2.05) is 4.68 Å². The van der Waals surface area contributed by atoms with Crippen LogP contribution in [0.2, 0.25) is 0 Å². The van der Waals surface area contributed by atoms with Crippen LogP contribution in [0, 0.1) is 0 Å². The van der Waals surface area contributed by atoms with E-state index in [1.165, 1.54) is 35.7 Å². The van der Waals surface area contributed by atoms with Gasteiger partial charge < -0.3 is 5.32 Å². The van der Waals surface area contributed by atoms with Gasteiger partial charge in [-0.2, -0.15) is 0 Å². The molecule has 0 amide bonds. The van der Waals surface area contributed by atoms with Crippen molar-refractivity contribution in [3.8, 4) is 0 Å². The molecule has 0 unspecified atom stereocenters. The van der Waals surface area contributed by atoms with Gasteiger partial charge in [0.2, 0.25) is 0 Å². The molecule has 1 heterocycles. The molecule has 110 valence electrons. The Balaban J connectivity index is 1.29. The molecule has 2 saturated carbocycles. The summed E-state index contributed by atoms with van der Waals surface area (Å²) in [7, 11) is 0. The lowest BCUT2D eigenvalue weighted by Gasteiger charge is -2.36. The number of benzene rings is 1. The summed E-state index contributed by atoms with van der Waals surface area (Å²) in [5, 5.41) is 15.6. The van der Waals surface area contributed by atoms with Gasteiger partial charge in [0.1, 0.15) is 0 Å². The summed E-state index contributed by atoms with van der Waals surface area (Å²) in [5.41, 5.74) is 1.44. The van der Waals surface area contributed by atoms with Gasteiger partial charge in [0.05, 0.1) is 12.6 Å². The van der Waals surface area contributed by atoms with Crippen LogP contribution < -0.4 is 5.32 Å². The molecule has 4 rings (SSSR count). The van der Waals surface area contributed by atoms with Crippen molar-refractivity contribution >= 4 is 15.9 Å². The van der Waals surface area contributed by atoms with Crippen molar-refractivity contribution in [1.29, 1.82) is 0 Å². The zero-order valence-corrected chi connectivity index (χ0v) is 13.3. The maximum Gasteiger partial charge on any atom is 0.165 e. The first-order chi connectivity index (χ1) is 10.3. The molecule has 0 radical (unpaired) electrons.